The van der Waals surface area contributed by atoms with Gasteiger partial charge in [0, 0.05) is 0 Å². The van der Waals surface area contributed by atoms with Crippen molar-refractivity contribution in [2.45, 2.75) is 12.4 Å². The summed E-state index contributed by atoms with van der Waals surface area (Å²) in [7, 11) is 0. The average molecular weight is 333 g/mol. The smallest absolute Gasteiger partial charge is 0.320 e. The van der Waals surface area contributed by atoms with Gasteiger partial charge in [-0.25, -0.2) is 8.78 Å². The summed E-state index contributed by atoms with van der Waals surface area (Å²) in [4.78, 5) is 11.5. The number of alkyl halides is 6. The summed E-state index contributed by atoms with van der Waals surface area (Å²) in [5.41, 5.74) is -6.43. The van der Waals surface area contributed by atoms with Crippen molar-refractivity contribution in [2.24, 2.45) is 5.41 Å². The highest BCUT2D eigenvalue weighted by Crippen LogP contribution is 2.52. The molecule has 0 aliphatic heterocycles. The number of carbonyl (C=O) groups excluding carboxylic acids is 1. The fraction of sp³-hybridized carbons (Fsp3) is 0.250. The highest BCUT2D eigenvalue weighted by molar-refractivity contribution is 5.98. The summed E-state index contributed by atoms with van der Waals surface area (Å²) in [6, 6.07) is 1.92. The maximum Gasteiger partial charge on any atom is 0.415 e. The first-order valence-corrected chi connectivity index (χ1v) is 5.41. The number of benzene rings is 1. The predicted octanol–water partition coefficient (Wildman–Crippen LogP) is 4.20. The summed E-state index contributed by atoms with van der Waals surface area (Å²) >= 11 is 0. The molecule has 1 aromatic rings. The molecule has 1 amide bonds. The van der Waals surface area contributed by atoms with Gasteiger partial charge in [-0.2, -0.15) is 26.3 Å². The van der Waals surface area contributed by atoms with Crippen LogP contribution in [0, 0.1) is 17.0 Å². The van der Waals surface area contributed by atoms with Gasteiger partial charge in [-0.05, 0) is 12.1 Å². The molecule has 0 spiro atoms. The lowest BCUT2D eigenvalue weighted by molar-refractivity contribution is -0.305. The van der Waals surface area contributed by atoms with Crippen molar-refractivity contribution in [3.8, 4) is 0 Å². The van der Waals surface area contributed by atoms with E-state index in [4.69, 9.17) is 0 Å². The third-order valence-corrected chi connectivity index (χ3v) is 2.76. The SMILES string of the molecule is C=CC(C(=O)Nc1c(F)cccc1F)(C(F)(F)F)C(F)(F)F. The molecule has 122 valence electrons. The van der Waals surface area contributed by atoms with Crippen molar-refractivity contribution in [3.05, 3.63) is 42.5 Å². The van der Waals surface area contributed by atoms with Crippen LogP contribution in [0.25, 0.3) is 0 Å². The van der Waals surface area contributed by atoms with Crippen LogP contribution in [0.1, 0.15) is 0 Å². The number of halogens is 8. The van der Waals surface area contributed by atoms with Gasteiger partial charge >= 0.3 is 12.4 Å². The van der Waals surface area contributed by atoms with Crippen LogP contribution in [0.5, 0.6) is 0 Å². The Labute approximate surface area is 118 Å². The van der Waals surface area contributed by atoms with E-state index < -0.39 is 47.1 Å². The molecule has 2 nitrogen and oxygen atoms in total. The molecule has 0 saturated heterocycles. The Hall–Kier alpha value is -2.13. The third-order valence-electron chi connectivity index (χ3n) is 2.76. The average Bonchev–Trinajstić information content (AvgIpc) is 2.31. The summed E-state index contributed by atoms with van der Waals surface area (Å²) in [6.45, 7) is 2.39. The molecule has 0 heterocycles. The summed E-state index contributed by atoms with van der Waals surface area (Å²) in [6.07, 6.45) is -12.9. The van der Waals surface area contributed by atoms with Gasteiger partial charge in [0.05, 0.1) is 0 Å². The molecule has 1 N–H and O–H groups in total. The number of para-hydroxylation sites is 1. The molecule has 0 aliphatic carbocycles. The van der Waals surface area contributed by atoms with Crippen molar-refractivity contribution >= 4 is 11.6 Å². The van der Waals surface area contributed by atoms with E-state index in [-0.39, 0.29) is 0 Å². The second-order valence-corrected chi connectivity index (χ2v) is 4.06. The van der Waals surface area contributed by atoms with Crippen molar-refractivity contribution in [2.75, 3.05) is 5.32 Å². The quantitative estimate of drug-likeness (QED) is 0.652. The van der Waals surface area contributed by atoms with Crippen molar-refractivity contribution in [3.63, 3.8) is 0 Å². The van der Waals surface area contributed by atoms with Crippen molar-refractivity contribution < 1.29 is 39.9 Å². The molecule has 0 unspecified atom stereocenters. The molecule has 22 heavy (non-hydrogen) atoms. The number of carbonyl (C=O) groups is 1. The van der Waals surface area contributed by atoms with E-state index in [0.717, 1.165) is 11.4 Å². The van der Waals surface area contributed by atoms with Crippen LogP contribution >= 0.6 is 0 Å². The summed E-state index contributed by atoms with van der Waals surface area (Å²) in [5.74, 6) is -5.78. The normalized spacial score (nSPS) is 12.9. The van der Waals surface area contributed by atoms with Crippen LogP contribution in [-0.4, -0.2) is 18.3 Å². The van der Waals surface area contributed by atoms with Gasteiger partial charge in [0.15, 0.2) is 0 Å². The van der Waals surface area contributed by atoms with Crippen LogP contribution in [-0.2, 0) is 4.79 Å². The molecule has 0 bridgehead atoms. The van der Waals surface area contributed by atoms with Crippen LogP contribution in [0.2, 0.25) is 0 Å². The van der Waals surface area contributed by atoms with Gasteiger partial charge in [-0.1, -0.05) is 12.1 Å². The molecular weight excluding hydrogens is 326 g/mol. The highest BCUT2D eigenvalue weighted by atomic mass is 19.4. The molecule has 0 aliphatic rings. The number of hydrogen-bond acceptors (Lipinski definition) is 1. The first-order valence-electron chi connectivity index (χ1n) is 5.41. The molecule has 0 saturated carbocycles. The Balaban J connectivity index is 3.40. The van der Waals surface area contributed by atoms with E-state index in [0.29, 0.717) is 12.1 Å². The highest BCUT2D eigenvalue weighted by Gasteiger charge is 2.74. The second-order valence-electron chi connectivity index (χ2n) is 4.06. The molecule has 0 aromatic heterocycles. The minimum Gasteiger partial charge on any atom is -0.320 e. The Bertz CT molecular complexity index is 556. The molecule has 0 fully saturated rings. The number of nitrogens with one attached hydrogen (secondary N) is 1. The topological polar surface area (TPSA) is 29.1 Å². The largest absolute Gasteiger partial charge is 0.415 e. The van der Waals surface area contributed by atoms with Gasteiger partial charge < -0.3 is 5.32 Å². The van der Waals surface area contributed by atoms with E-state index in [2.05, 4.69) is 6.58 Å². The Morgan fingerprint density at radius 1 is 1.00 bits per heavy atom. The van der Waals surface area contributed by atoms with E-state index >= 15 is 0 Å². The van der Waals surface area contributed by atoms with Gasteiger partial charge in [-0.3, -0.25) is 4.79 Å². The van der Waals surface area contributed by atoms with Crippen LogP contribution in [0.15, 0.2) is 30.9 Å². The lowest BCUT2D eigenvalue weighted by Gasteiger charge is -2.33. The Morgan fingerprint density at radius 3 is 1.73 bits per heavy atom. The summed E-state index contributed by atoms with van der Waals surface area (Å²) in [5, 5.41) is 0.983. The van der Waals surface area contributed by atoms with Crippen molar-refractivity contribution in [1.29, 1.82) is 0 Å². The molecule has 1 rings (SSSR count). The van der Waals surface area contributed by atoms with Gasteiger partial charge in [-0.15, -0.1) is 6.58 Å². The second kappa shape index (κ2) is 5.58. The van der Waals surface area contributed by atoms with E-state index in [1.165, 1.54) is 0 Å². The third kappa shape index (κ3) is 2.77. The lowest BCUT2D eigenvalue weighted by atomic mass is 9.85. The minimum atomic E-state index is -6.11. The van der Waals surface area contributed by atoms with Crippen LogP contribution in [0.4, 0.5) is 40.8 Å². The number of amides is 1. The van der Waals surface area contributed by atoms with Gasteiger partial charge in [0.25, 0.3) is 11.3 Å². The lowest BCUT2D eigenvalue weighted by Crippen LogP contribution is -2.56. The number of rotatable bonds is 3. The van der Waals surface area contributed by atoms with Gasteiger partial charge in [0.1, 0.15) is 17.3 Å². The van der Waals surface area contributed by atoms with Gasteiger partial charge in [0.2, 0.25) is 0 Å². The molecule has 0 radical (unpaired) electrons. The van der Waals surface area contributed by atoms with Crippen LogP contribution in [0.3, 0.4) is 0 Å². The van der Waals surface area contributed by atoms with E-state index in [1.807, 2.05) is 0 Å². The first-order chi connectivity index (χ1) is 9.88. The predicted molar refractivity (Wildman–Crippen MR) is 59.7 cm³/mol. The zero-order valence-electron chi connectivity index (χ0n) is 10.4. The Kier molecular flexibility index (Phi) is 4.54. The van der Waals surface area contributed by atoms with E-state index in [1.54, 1.807) is 0 Å². The molecular formula is C12H7F8NO. The minimum absolute atomic E-state index is 0.551. The molecule has 0 atom stereocenters. The number of anilines is 1. The number of hydrogen-bond donors (Lipinski definition) is 1. The maximum atomic E-state index is 13.3. The first kappa shape index (κ1) is 17.9. The zero-order valence-corrected chi connectivity index (χ0v) is 10.4. The monoisotopic (exact) mass is 333 g/mol. The van der Waals surface area contributed by atoms with Crippen molar-refractivity contribution in [1.82, 2.24) is 0 Å². The van der Waals surface area contributed by atoms with Crippen LogP contribution < -0.4 is 5.32 Å². The molecule has 10 heteroatoms. The molecule has 1 aromatic carbocycles. The Morgan fingerprint density at radius 2 is 1.41 bits per heavy atom. The zero-order chi connectivity index (χ0) is 17.3. The fourth-order valence-electron chi connectivity index (χ4n) is 1.57. The standard InChI is InChI=1S/C12H7F8NO/c1-2-10(11(15,16)17,12(18,19)20)9(22)21-8-6(13)4-3-5-7(8)14/h2-5H,1H2,(H,21,22). The fourth-order valence-corrected chi connectivity index (χ4v) is 1.57. The maximum absolute atomic E-state index is 13.3. The van der Waals surface area contributed by atoms with E-state index in [9.17, 15) is 39.9 Å². The summed E-state index contributed by atoms with van der Waals surface area (Å²) < 4.78 is 103.